The lowest BCUT2D eigenvalue weighted by molar-refractivity contribution is -0.162. The Morgan fingerprint density at radius 1 is 0.571 bits per heavy atom. The van der Waals surface area contributed by atoms with Crippen molar-refractivity contribution in [2.45, 2.75) is 141 Å². The number of carbonyl (C=O) groups is 6. The van der Waals surface area contributed by atoms with E-state index in [0.29, 0.717) is 24.3 Å². The van der Waals surface area contributed by atoms with E-state index < -0.39 is 157 Å². The molecule has 2 aliphatic heterocycles. The number of amides is 6. The fourth-order valence-electron chi connectivity index (χ4n) is 7.12. The second-order valence-electron chi connectivity index (χ2n) is 18.4. The molecule has 2 aromatic rings. The minimum Gasteiger partial charge on any atom is -0.444 e. The minimum absolute atomic E-state index is 0.0661. The number of nitrogens with zero attached hydrogens (tertiary/aromatic N) is 2. The van der Waals surface area contributed by atoms with Gasteiger partial charge in [-0.05, 0) is 90.5 Å². The van der Waals surface area contributed by atoms with Gasteiger partial charge in [-0.25, -0.2) is 35.9 Å². The van der Waals surface area contributed by atoms with Crippen LogP contribution in [0.3, 0.4) is 0 Å². The Bertz CT molecular complexity index is 2050. The van der Waals surface area contributed by atoms with E-state index in [1.807, 2.05) is 0 Å². The average molecular weight is 1020 g/mol. The van der Waals surface area contributed by atoms with Gasteiger partial charge in [-0.2, -0.15) is 26.3 Å². The van der Waals surface area contributed by atoms with E-state index in [-0.39, 0.29) is 50.1 Å². The summed E-state index contributed by atoms with van der Waals surface area (Å²) in [4.78, 5) is 76.6. The highest BCUT2D eigenvalue weighted by molar-refractivity contribution is 5.89. The van der Waals surface area contributed by atoms with Gasteiger partial charge in [0.05, 0.1) is 12.8 Å². The van der Waals surface area contributed by atoms with Crippen LogP contribution in [-0.4, -0.2) is 120 Å². The number of benzene rings is 2. The predicted molar refractivity (Wildman–Crippen MR) is 223 cm³/mol. The Morgan fingerprint density at radius 2 is 0.886 bits per heavy atom. The highest BCUT2D eigenvalue weighted by Gasteiger charge is 2.43. The molecule has 0 spiro atoms. The SMILES string of the molecule is CC(C)(C)OC(=O)N[C@@H](CC(=O)N1CCCNC(=O)[C@H]1CC(F)(F)F)Cc1cc(F)c(F)cc1F.CC(C)(C)OC(=O)N[C@H](CC(=O)N1CCCNC(=O)[C@H]1CC(F)(F)F)Cc1cc(F)c(F)cc1F. The Morgan fingerprint density at radius 3 is 1.19 bits per heavy atom. The molecule has 0 aliphatic carbocycles. The summed E-state index contributed by atoms with van der Waals surface area (Å²) in [7, 11) is 0. The van der Waals surface area contributed by atoms with Crippen molar-refractivity contribution in [2.75, 3.05) is 26.2 Å². The summed E-state index contributed by atoms with van der Waals surface area (Å²) < 4.78 is 171. The first-order valence-electron chi connectivity index (χ1n) is 21.6. The van der Waals surface area contributed by atoms with Crippen LogP contribution in [0.25, 0.3) is 0 Å². The van der Waals surface area contributed by atoms with Gasteiger partial charge in [0.1, 0.15) is 34.9 Å². The number of halogens is 12. The third-order valence-electron chi connectivity index (χ3n) is 9.99. The van der Waals surface area contributed by atoms with E-state index in [2.05, 4.69) is 21.3 Å². The summed E-state index contributed by atoms with van der Waals surface area (Å²) in [5, 5.41) is 9.30. The van der Waals surface area contributed by atoms with Crippen molar-refractivity contribution in [3.8, 4) is 0 Å². The molecule has 14 nitrogen and oxygen atoms in total. The maximum atomic E-state index is 14.2. The van der Waals surface area contributed by atoms with Crippen molar-refractivity contribution in [1.29, 1.82) is 0 Å². The summed E-state index contributed by atoms with van der Waals surface area (Å²) in [6, 6.07) is -4.47. The monoisotopic (exact) mass is 1020 g/mol. The zero-order valence-electron chi connectivity index (χ0n) is 38.8. The smallest absolute Gasteiger partial charge is 0.407 e. The third-order valence-corrected chi connectivity index (χ3v) is 9.99. The number of hydrogen-bond donors (Lipinski definition) is 4. The van der Waals surface area contributed by atoms with Gasteiger partial charge >= 0.3 is 24.5 Å². The lowest BCUT2D eigenvalue weighted by Gasteiger charge is -2.31. The van der Waals surface area contributed by atoms with Crippen LogP contribution in [0.1, 0.15) is 91.2 Å². The third kappa shape index (κ3) is 19.8. The van der Waals surface area contributed by atoms with Crippen LogP contribution in [0.4, 0.5) is 62.3 Å². The molecule has 2 aromatic carbocycles. The number of alkyl halides is 6. The van der Waals surface area contributed by atoms with E-state index in [4.69, 9.17) is 9.47 Å². The summed E-state index contributed by atoms with van der Waals surface area (Å²) in [5.74, 6) is -11.7. The van der Waals surface area contributed by atoms with Gasteiger partial charge in [-0.15, -0.1) is 0 Å². The molecule has 2 aliphatic rings. The molecule has 0 unspecified atom stereocenters. The normalized spacial score (nSPS) is 17.9. The first-order valence-corrected chi connectivity index (χ1v) is 21.6. The molecule has 4 atom stereocenters. The van der Waals surface area contributed by atoms with Crippen LogP contribution in [0, 0.1) is 34.9 Å². The maximum Gasteiger partial charge on any atom is 0.407 e. The highest BCUT2D eigenvalue weighted by atomic mass is 19.4. The quantitative estimate of drug-likeness (QED) is 0.128. The van der Waals surface area contributed by atoms with E-state index in [1.165, 1.54) is 0 Å². The maximum absolute atomic E-state index is 14.2. The van der Waals surface area contributed by atoms with Crippen LogP contribution in [0.5, 0.6) is 0 Å². The number of hydrogen-bond acceptors (Lipinski definition) is 8. The molecular formula is C44H54F12N6O8. The average Bonchev–Trinajstić information content (AvgIpc) is 3.47. The van der Waals surface area contributed by atoms with Crippen LogP contribution >= 0.6 is 0 Å². The van der Waals surface area contributed by atoms with Crippen molar-refractivity contribution in [2.24, 2.45) is 0 Å². The van der Waals surface area contributed by atoms with Crippen LogP contribution < -0.4 is 21.3 Å². The van der Waals surface area contributed by atoms with Crippen molar-refractivity contribution in [3.63, 3.8) is 0 Å². The summed E-state index contributed by atoms with van der Waals surface area (Å²) >= 11 is 0. The number of ether oxygens (including phenoxy) is 2. The zero-order valence-corrected chi connectivity index (χ0v) is 38.8. The molecule has 0 aromatic heterocycles. The predicted octanol–water partition coefficient (Wildman–Crippen LogP) is 7.20. The van der Waals surface area contributed by atoms with Gasteiger partial charge in [-0.1, -0.05) is 0 Å². The van der Waals surface area contributed by atoms with Gasteiger partial charge in [0.2, 0.25) is 23.6 Å². The molecule has 2 saturated heterocycles. The van der Waals surface area contributed by atoms with Crippen LogP contribution in [-0.2, 0) is 41.5 Å². The second-order valence-corrected chi connectivity index (χ2v) is 18.4. The molecule has 26 heteroatoms. The summed E-state index contributed by atoms with van der Waals surface area (Å²) in [6.07, 6.45) is -16.6. The van der Waals surface area contributed by atoms with Gasteiger partial charge < -0.3 is 40.5 Å². The molecule has 4 rings (SSSR count). The molecule has 70 heavy (non-hydrogen) atoms. The van der Waals surface area contributed by atoms with Gasteiger partial charge in [0.15, 0.2) is 23.3 Å². The minimum atomic E-state index is -4.74. The van der Waals surface area contributed by atoms with Crippen LogP contribution in [0.15, 0.2) is 24.3 Å². The molecule has 6 amide bonds. The van der Waals surface area contributed by atoms with Gasteiger partial charge in [0.25, 0.3) is 0 Å². The lowest BCUT2D eigenvalue weighted by atomic mass is 10.0. The molecule has 2 heterocycles. The summed E-state index contributed by atoms with van der Waals surface area (Å²) in [6.45, 7) is 9.12. The molecule has 2 fully saturated rings. The highest BCUT2D eigenvalue weighted by Crippen LogP contribution is 2.28. The summed E-state index contributed by atoms with van der Waals surface area (Å²) in [5.41, 5.74) is -2.66. The Hall–Kier alpha value is -5.98. The fourth-order valence-corrected chi connectivity index (χ4v) is 7.12. The van der Waals surface area contributed by atoms with E-state index >= 15 is 0 Å². The van der Waals surface area contributed by atoms with Crippen molar-refractivity contribution in [3.05, 3.63) is 70.3 Å². The first-order chi connectivity index (χ1) is 32.1. The Labute approximate surface area is 394 Å². The van der Waals surface area contributed by atoms with Crippen molar-refractivity contribution in [1.82, 2.24) is 31.1 Å². The number of nitrogens with one attached hydrogen (secondary N) is 4. The van der Waals surface area contributed by atoms with Crippen molar-refractivity contribution < 1.29 is 90.9 Å². The van der Waals surface area contributed by atoms with Crippen LogP contribution in [0.2, 0.25) is 0 Å². The molecule has 0 saturated carbocycles. The Balaban J connectivity index is 0.000000370. The number of rotatable bonds is 12. The van der Waals surface area contributed by atoms with E-state index in [0.717, 1.165) is 9.80 Å². The van der Waals surface area contributed by atoms with Gasteiger partial charge in [0, 0.05) is 63.2 Å². The fraction of sp³-hybridized carbons (Fsp3) is 0.591. The first kappa shape index (κ1) is 58.3. The molecule has 4 N–H and O–H groups in total. The molecule has 0 radical (unpaired) electrons. The molecule has 392 valence electrons. The largest absolute Gasteiger partial charge is 0.444 e. The van der Waals surface area contributed by atoms with E-state index in [1.54, 1.807) is 41.5 Å². The zero-order chi connectivity index (χ0) is 53.1. The Kier molecular flexibility index (Phi) is 20.2. The molecular weight excluding hydrogens is 968 g/mol. The van der Waals surface area contributed by atoms with Crippen molar-refractivity contribution >= 4 is 35.8 Å². The number of alkyl carbamates (subject to hydrolysis) is 2. The topological polar surface area (TPSA) is 175 Å². The van der Waals surface area contributed by atoms with Gasteiger partial charge in [-0.3, -0.25) is 19.2 Å². The second kappa shape index (κ2) is 24.2. The standard InChI is InChI=1S/2C22H27F6N3O4/c2*1-21(2,3)35-20(34)30-13(7-12-8-15(24)16(25)10-14(12)23)9-18(32)31-6-4-5-29-19(33)17(31)11-22(26,27)28/h2*8,10,13,17H,4-7,9,11H2,1-3H3,(H,29,33)(H,30,34)/t13-,17+;13-,17-/m01/s1. The number of carbonyl (C=O) groups excluding carboxylic acids is 6. The molecule has 0 bridgehead atoms. The lowest BCUT2D eigenvalue weighted by Crippen LogP contribution is -2.51. The van der Waals surface area contributed by atoms with E-state index in [9.17, 15) is 81.5 Å².